The second-order valence-corrected chi connectivity index (χ2v) is 4.28. The fourth-order valence-corrected chi connectivity index (χ4v) is 1.86. The minimum Gasteiger partial charge on any atom is -0.397 e. The second kappa shape index (κ2) is 5.18. The van der Waals surface area contributed by atoms with Gasteiger partial charge in [0, 0.05) is 6.54 Å². The number of nitrogens with zero attached hydrogens (tertiary/aromatic N) is 3. The number of carbonyl (C=O) groups excluding carboxylic acids is 1. The average Bonchev–Trinajstić information content (AvgIpc) is 2.71. The molecule has 0 saturated heterocycles. The van der Waals surface area contributed by atoms with E-state index in [9.17, 15) is 4.79 Å². The lowest BCUT2D eigenvalue weighted by Crippen LogP contribution is -2.13. The maximum absolute atomic E-state index is 12.3. The van der Waals surface area contributed by atoms with Gasteiger partial charge in [-0.2, -0.15) is 5.10 Å². The first kappa shape index (κ1) is 12.6. The number of halogens is 1. The van der Waals surface area contributed by atoms with Gasteiger partial charge in [-0.1, -0.05) is 18.5 Å². The first-order valence-electron chi connectivity index (χ1n) is 5.61. The van der Waals surface area contributed by atoms with Gasteiger partial charge < -0.3 is 5.73 Å². The third kappa shape index (κ3) is 2.36. The van der Waals surface area contributed by atoms with Gasteiger partial charge in [-0.05, 0) is 18.6 Å². The Morgan fingerprint density at radius 2 is 2.22 bits per heavy atom. The van der Waals surface area contributed by atoms with Crippen molar-refractivity contribution < 1.29 is 4.79 Å². The van der Waals surface area contributed by atoms with Crippen molar-refractivity contribution in [1.82, 2.24) is 14.8 Å². The number of hydrogen-bond acceptors (Lipinski definition) is 4. The first-order valence-corrected chi connectivity index (χ1v) is 5.98. The Bertz CT molecular complexity index is 562. The summed E-state index contributed by atoms with van der Waals surface area (Å²) in [5.41, 5.74) is 6.73. The number of ketones is 1. The lowest BCUT2D eigenvalue weighted by molar-refractivity contribution is 0.102. The Morgan fingerprint density at radius 3 is 2.83 bits per heavy atom. The smallest absolute Gasteiger partial charge is 0.230 e. The highest BCUT2D eigenvalue weighted by atomic mass is 35.5. The highest BCUT2D eigenvalue weighted by Gasteiger charge is 2.19. The Kier molecular flexibility index (Phi) is 3.62. The van der Waals surface area contributed by atoms with Crippen molar-refractivity contribution >= 4 is 23.1 Å². The lowest BCUT2D eigenvalue weighted by atomic mass is 10.2. The molecule has 0 spiro atoms. The molecule has 94 valence electrons. The van der Waals surface area contributed by atoms with Crippen LogP contribution < -0.4 is 5.73 Å². The van der Waals surface area contributed by atoms with E-state index >= 15 is 0 Å². The Hall–Kier alpha value is -1.88. The molecule has 0 radical (unpaired) electrons. The summed E-state index contributed by atoms with van der Waals surface area (Å²) in [4.78, 5) is 16.3. The van der Waals surface area contributed by atoms with Gasteiger partial charge in [0.15, 0.2) is 0 Å². The molecular formula is C12H13ClN4O. The molecule has 2 N–H and O–H groups in total. The summed E-state index contributed by atoms with van der Waals surface area (Å²) >= 11 is 6.00. The molecule has 0 aliphatic carbocycles. The minimum absolute atomic E-state index is 0.244. The molecule has 0 aromatic carbocycles. The van der Waals surface area contributed by atoms with Crippen LogP contribution in [-0.2, 0) is 6.54 Å². The van der Waals surface area contributed by atoms with Crippen LogP contribution in [0.1, 0.15) is 29.5 Å². The normalized spacial score (nSPS) is 10.6. The molecule has 6 heteroatoms. The van der Waals surface area contributed by atoms with E-state index in [4.69, 9.17) is 17.3 Å². The fourth-order valence-electron chi connectivity index (χ4n) is 1.63. The van der Waals surface area contributed by atoms with Gasteiger partial charge in [0.25, 0.3) is 0 Å². The van der Waals surface area contributed by atoms with Crippen molar-refractivity contribution in [2.45, 2.75) is 19.9 Å². The summed E-state index contributed by atoms with van der Waals surface area (Å²) in [7, 11) is 0. The Morgan fingerprint density at radius 1 is 1.44 bits per heavy atom. The van der Waals surface area contributed by atoms with Crippen LogP contribution >= 0.6 is 11.6 Å². The van der Waals surface area contributed by atoms with E-state index in [0.717, 1.165) is 6.42 Å². The van der Waals surface area contributed by atoms with Crippen molar-refractivity contribution in [2.75, 3.05) is 5.73 Å². The molecular weight excluding hydrogens is 252 g/mol. The number of rotatable bonds is 4. The van der Waals surface area contributed by atoms with Crippen LogP contribution in [0, 0.1) is 0 Å². The topological polar surface area (TPSA) is 73.8 Å². The molecule has 5 nitrogen and oxygen atoms in total. The standard InChI is InChI=1S/C12H13ClN4O/c1-2-5-17-11(9(13)7-16-17)12(18)10-4-3-8(14)6-15-10/h3-4,6-7H,2,5,14H2,1H3. The molecule has 2 aromatic rings. The van der Waals surface area contributed by atoms with Crippen LogP contribution in [0.3, 0.4) is 0 Å². The van der Waals surface area contributed by atoms with Crippen molar-refractivity contribution in [3.63, 3.8) is 0 Å². The van der Waals surface area contributed by atoms with E-state index < -0.39 is 0 Å². The average molecular weight is 265 g/mol. The van der Waals surface area contributed by atoms with Gasteiger partial charge in [0.2, 0.25) is 5.78 Å². The summed E-state index contributed by atoms with van der Waals surface area (Å²) in [6, 6.07) is 3.21. The molecule has 0 aliphatic heterocycles. The van der Waals surface area contributed by atoms with Gasteiger partial charge in [-0.15, -0.1) is 0 Å². The molecule has 0 saturated carbocycles. The number of nitrogen functional groups attached to an aromatic ring is 1. The van der Waals surface area contributed by atoms with Gasteiger partial charge in [0.05, 0.1) is 23.1 Å². The van der Waals surface area contributed by atoms with Gasteiger partial charge in [-0.3, -0.25) is 14.5 Å². The number of pyridine rings is 1. The molecule has 0 atom stereocenters. The Labute approximate surface area is 110 Å². The maximum atomic E-state index is 12.3. The Balaban J connectivity index is 2.39. The second-order valence-electron chi connectivity index (χ2n) is 3.87. The van der Waals surface area contributed by atoms with Crippen LogP contribution in [0.5, 0.6) is 0 Å². The third-order valence-corrected chi connectivity index (χ3v) is 2.74. The highest BCUT2D eigenvalue weighted by Crippen LogP contribution is 2.19. The zero-order valence-corrected chi connectivity index (χ0v) is 10.7. The summed E-state index contributed by atoms with van der Waals surface area (Å²) in [5.74, 6) is -0.244. The number of aryl methyl sites for hydroxylation is 1. The van der Waals surface area contributed by atoms with Crippen molar-refractivity contribution in [2.24, 2.45) is 0 Å². The van der Waals surface area contributed by atoms with Crippen LogP contribution in [0.2, 0.25) is 5.02 Å². The van der Waals surface area contributed by atoms with Gasteiger partial charge in [-0.25, -0.2) is 0 Å². The van der Waals surface area contributed by atoms with Gasteiger partial charge >= 0.3 is 0 Å². The monoisotopic (exact) mass is 264 g/mol. The predicted molar refractivity (Wildman–Crippen MR) is 69.6 cm³/mol. The zero-order valence-electron chi connectivity index (χ0n) is 9.93. The molecule has 18 heavy (non-hydrogen) atoms. The van der Waals surface area contributed by atoms with E-state index in [-0.39, 0.29) is 5.78 Å². The van der Waals surface area contributed by atoms with E-state index in [1.165, 1.54) is 12.4 Å². The molecule has 0 fully saturated rings. The summed E-state index contributed by atoms with van der Waals surface area (Å²) < 4.78 is 1.60. The molecule has 2 heterocycles. The van der Waals surface area contributed by atoms with Gasteiger partial charge in [0.1, 0.15) is 11.4 Å². The lowest BCUT2D eigenvalue weighted by Gasteiger charge is -2.05. The van der Waals surface area contributed by atoms with Crippen LogP contribution in [0.4, 0.5) is 5.69 Å². The van der Waals surface area contributed by atoms with E-state index in [0.29, 0.717) is 28.6 Å². The minimum atomic E-state index is -0.244. The van der Waals surface area contributed by atoms with E-state index in [2.05, 4.69) is 10.1 Å². The summed E-state index contributed by atoms with van der Waals surface area (Å²) in [6.45, 7) is 2.65. The van der Waals surface area contributed by atoms with E-state index in [1.54, 1.807) is 16.8 Å². The number of carbonyl (C=O) groups is 1. The van der Waals surface area contributed by atoms with E-state index in [1.807, 2.05) is 6.92 Å². The quantitative estimate of drug-likeness (QED) is 0.859. The summed E-state index contributed by atoms with van der Waals surface area (Å²) in [6.07, 6.45) is 3.79. The predicted octanol–water partition coefficient (Wildman–Crippen LogP) is 2.15. The number of nitrogens with two attached hydrogens (primary N) is 1. The third-order valence-electron chi connectivity index (χ3n) is 2.46. The maximum Gasteiger partial charge on any atom is 0.230 e. The SMILES string of the molecule is CCCn1ncc(Cl)c1C(=O)c1ccc(N)cn1. The van der Waals surface area contributed by atoms with Crippen molar-refractivity contribution in [3.05, 3.63) is 40.9 Å². The molecule has 0 unspecified atom stereocenters. The summed E-state index contributed by atoms with van der Waals surface area (Å²) in [5, 5.41) is 4.42. The van der Waals surface area contributed by atoms with Crippen molar-refractivity contribution in [3.8, 4) is 0 Å². The zero-order chi connectivity index (χ0) is 13.1. The van der Waals surface area contributed by atoms with Crippen LogP contribution in [0.15, 0.2) is 24.5 Å². The molecule has 0 amide bonds. The molecule has 2 rings (SSSR count). The number of anilines is 1. The molecule has 0 bridgehead atoms. The number of hydrogen-bond donors (Lipinski definition) is 1. The van der Waals surface area contributed by atoms with Crippen LogP contribution in [0.25, 0.3) is 0 Å². The highest BCUT2D eigenvalue weighted by molar-refractivity contribution is 6.34. The van der Waals surface area contributed by atoms with Crippen molar-refractivity contribution in [1.29, 1.82) is 0 Å². The fraction of sp³-hybridized carbons (Fsp3) is 0.250. The van der Waals surface area contributed by atoms with Crippen LogP contribution in [-0.4, -0.2) is 20.5 Å². The first-order chi connectivity index (χ1) is 8.63. The molecule has 2 aromatic heterocycles. The number of aromatic nitrogens is 3. The largest absolute Gasteiger partial charge is 0.397 e. The molecule has 0 aliphatic rings.